The van der Waals surface area contributed by atoms with Crippen LogP contribution < -0.4 is 5.32 Å². The van der Waals surface area contributed by atoms with Crippen molar-refractivity contribution in [3.8, 4) is 16.6 Å². The van der Waals surface area contributed by atoms with Crippen molar-refractivity contribution in [1.29, 1.82) is 0 Å². The first-order chi connectivity index (χ1) is 11.0. The highest BCUT2D eigenvalue weighted by atomic mass is 35.5. The van der Waals surface area contributed by atoms with Crippen molar-refractivity contribution in [3.63, 3.8) is 0 Å². The van der Waals surface area contributed by atoms with Gasteiger partial charge in [0.1, 0.15) is 10.7 Å². The van der Waals surface area contributed by atoms with Gasteiger partial charge in [0.25, 0.3) is 0 Å². The number of halogens is 1. The Hall–Kier alpha value is -2.71. The Morgan fingerprint density at radius 1 is 1.17 bits per heavy atom. The molecule has 0 fully saturated rings. The standard InChI is InChI=1S/C14H9ClN4O3S/c15-7-1-3-8(4-2-7)17-14-16-6-5-9(18-14)12-19-11(20)10(23-12)13(21)22/h1-6,20H,(H,21,22)(H,16,17,18). The molecule has 3 aromatic rings. The molecule has 0 saturated carbocycles. The Morgan fingerprint density at radius 3 is 2.57 bits per heavy atom. The quantitative estimate of drug-likeness (QED) is 0.663. The summed E-state index contributed by atoms with van der Waals surface area (Å²) in [6, 6.07) is 8.58. The molecule has 0 radical (unpaired) electrons. The van der Waals surface area contributed by atoms with Gasteiger partial charge in [0.05, 0.1) is 0 Å². The molecule has 1 aromatic carbocycles. The third-order valence-electron chi connectivity index (χ3n) is 2.78. The van der Waals surface area contributed by atoms with Gasteiger partial charge < -0.3 is 15.5 Å². The van der Waals surface area contributed by atoms with Crippen LogP contribution in [0.2, 0.25) is 5.02 Å². The van der Waals surface area contributed by atoms with Crippen LogP contribution in [-0.2, 0) is 0 Å². The Bertz CT molecular complexity index is 867. The lowest BCUT2D eigenvalue weighted by Crippen LogP contribution is -1.97. The maximum atomic E-state index is 11.0. The predicted octanol–water partition coefficient (Wildman–Crippen LogP) is 3.40. The van der Waals surface area contributed by atoms with Crippen LogP contribution in [0.1, 0.15) is 9.67 Å². The van der Waals surface area contributed by atoms with Gasteiger partial charge in [-0.05, 0) is 30.3 Å². The van der Waals surface area contributed by atoms with E-state index in [2.05, 4.69) is 20.3 Å². The summed E-state index contributed by atoms with van der Waals surface area (Å²) in [6.07, 6.45) is 1.51. The summed E-state index contributed by atoms with van der Waals surface area (Å²) in [6.45, 7) is 0. The molecule has 2 aromatic heterocycles. The van der Waals surface area contributed by atoms with E-state index in [9.17, 15) is 9.90 Å². The van der Waals surface area contributed by atoms with Crippen LogP contribution in [0.3, 0.4) is 0 Å². The van der Waals surface area contributed by atoms with Crippen molar-refractivity contribution in [2.24, 2.45) is 0 Å². The van der Waals surface area contributed by atoms with Gasteiger partial charge in [-0.15, -0.1) is 11.3 Å². The largest absolute Gasteiger partial charge is 0.492 e. The molecule has 2 heterocycles. The van der Waals surface area contributed by atoms with Crippen LogP contribution in [0.15, 0.2) is 36.5 Å². The molecule has 7 nitrogen and oxygen atoms in total. The zero-order valence-electron chi connectivity index (χ0n) is 11.4. The molecule has 0 spiro atoms. The summed E-state index contributed by atoms with van der Waals surface area (Å²) in [5.74, 6) is -1.44. The van der Waals surface area contributed by atoms with E-state index < -0.39 is 11.8 Å². The number of carbonyl (C=O) groups is 1. The number of thiazole rings is 1. The van der Waals surface area contributed by atoms with Gasteiger partial charge >= 0.3 is 5.97 Å². The van der Waals surface area contributed by atoms with Crippen LogP contribution in [0.5, 0.6) is 5.88 Å². The summed E-state index contributed by atoms with van der Waals surface area (Å²) in [5, 5.41) is 22.4. The molecule has 0 aliphatic carbocycles. The van der Waals surface area contributed by atoms with Gasteiger partial charge in [-0.3, -0.25) is 0 Å². The second kappa shape index (κ2) is 6.19. The first-order valence-corrected chi connectivity index (χ1v) is 7.51. The van der Waals surface area contributed by atoms with Crippen LogP contribution in [-0.4, -0.2) is 31.1 Å². The zero-order chi connectivity index (χ0) is 16.4. The van der Waals surface area contributed by atoms with E-state index in [-0.39, 0.29) is 4.88 Å². The Morgan fingerprint density at radius 2 is 1.91 bits per heavy atom. The number of carboxylic acid groups (broad SMARTS) is 1. The average Bonchev–Trinajstić information content (AvgIpc) is 2.92. The van der Waals surface area contributed by atoms with Crippen molar-refractivity contribution in [3.05, 3.63) is 46.4 Å². The lowest BCUT2D eigenvalue weighted by molar-refractivity contribution is 0.0699. The van der Waals surface area contributed by atoms with Crippen molar-refractivity contribution < 1.29 is 15.0 Å². The molecule has 0 amide bonds. The van der Waals surface area contributed by atoms with Crippen molar-refractivity contribution in [2.75, 3.05) is 5.32 Å². The summed E-state index contributed by atoms with van der Waals surface area (Å²) < 4.78 is 0. The number of carboxylic acids is 1. The second-order valence-electron chi connectivity index (χ2n) is 4.37. The second-order valence-corrected chi connectivity index (χ2v) is 5.81. The molecular weight excluding hydrogens is 340 g/mol. The number of rotatable bonds is 4. The van der Waals surface area contributed by atoms with E-state index in [0.29, 0.717) is 21.7 Å². The van der Waals surface area contributed by atoms with Crippen LogP contribution in [0, 0.1) is 0 Å². The van der Waals surface area contributed by atoms with E-state index in [1.807, 2.05) is 0 Å². The first-order valence-electron chi connectivity index (χ1n) is 6.32. The third kappa shape index (κ3) is 3.38. The number of hydrogen-bond donors (Lipinski definition) is 3. The fraction of sp³-hybridized carbons (Fsp3) is 0. The summed E-state index contributed by atoms with van der Waals surface area (Å²) in [4.78, 5) is 22.9. The smallest absolute Gasteiger partial charge is 0.351 e. The minimum atomic E-state index is -1.24. The maximum Gasteiger partial charge on any atom is 0.351 e. The van der Waals surface area contributed by atoms with Crippen molar-refractivity contribution >= 4 is 40.5 Å². The van der Waals surface area contributed by atoms with Crippen molar-refractivity contribution in [1.82, 2.24) is 15.0 Å². The molecule has 0 saturated heterocycles. The summed E-state index contributed by atoms with van der Waals surface area (Å²) >= 11 is 6.67. The Balaban J connectivity index is 1.89. The van der Waals surface area contributed by atoms with Gasteiger partial charge in [-0.2, -0.15) is 4.98 Å². The molecule has 0 unspecified atom stereocenters. The number of nitrogens with zero attached hydrogens (tertiary/aromatic N) is 3. The fourth-order valence-electron chi connectivity index (χ4n) is 1.76. The molecule has 116 valence electrons. The van der Waals surface area contributed by atoms with E-state index in [1.165, 1.54) is 6.20 Å². The molecule has 3 N–H and O–H groups in total. The lowest BCUT2D eigenvalue weighted by atomic mass is 10.3. The monoisotopic (exact) mass is 348 g/mol. The molecule has 23 heavy (non-hydrogen) atoms. The Kier molecular flexibility index (Phi) is 4.09. The molecule has 0 bridgehead atoms. The highest BCUT2D eigenvalue weighted by Crippen LogP contribution is 2.31. The van der Waals surface area contributed by atoms with Gasteiger partial charge in [-0.1, -0.05) is 11.6 Å². The van der Waals surface area contributed by atoms with Crippen LogP contribution in [0.25, 0.3) is 10.7 Å². The number of aromatic carboxylic acids is 1. The van der Waals surface area contributed by atoms with E-state index >= 15 is 0 Å². The van der Waals surface area contributed by atoms with Crippen LogP contribution >= 0.6 is 22.9 Å². The van der Waals surface area contributed by atoms with Gasteiger partial charge in [0.2, 0.25) is 11.8 Å². The van der Waals surface area contributed by atoms with Gasteiger partial charge in [-0.25, -0.2) is 14.8 Å². The minimum Gasteiger partial charge on any atom is -0.492 e. The van der Waals surface area contributed by atoms with E-state index in [4.69, 9.17) is 16.7 Å². The molecule has 3 rings (SSSR count). The maximum absolute atomic E-state index is 11.0. The minimum absolute atomic E-state index is 0.231. The lowest BCUT2D eigenvalue weighted by Gasteiger charge is -2.05. The Labute approximate surface area is 139 Å². The SMILES string of the molecule is O=C(O)c1sc(-c2ccnc(Nc3ccc(Cl)cc3)n2)nc1O. The molecule has 0 atom stereocenters. The summed E-state index contributed by atoms with van der Waals surface area (Å²) in [5.41, 5.74) is 1.16. The highest BCUT2D eigenvalue weighted by Gasteiger charge is 2.18. The number of anilines is 2. The van der Waals surface area contributed by atoms with Gasteiger partial charge in [0.15, 0.2) is 4.88 Å². The number of aromatic hydroxyl groups is 1. The number of benzene rings is 1. The van der Waals surface area contributed by atoms with E-state index in [1.54, 1.807) is 30.3 Å². The van der Waals surface area contributed by atoms with Crippen LogP contribution in [0.4, 0.5) is 11.6 Å². The molecule has 0 aliphatic rings. The van der Waals surface area contributed by atoms with Gasteiger partial charge in [0, 0.05) is 16.9 Å². The number of aromatic nitrogens is 3. The predicted molar refractivity (Wildman–Crippen MR) is 86.5 cm³/mol. The summed E-state index contributed by atoms with van der Waals surface area (Å²) in [7, 11) is 0. The van der Waals surface area contributed by atoms with E-state index in [0.717, 1.165) is 17.0 Å². The zero-order valence-corrected chi connectivity index (χ0v) is 13.0. The number of nitrogens with one attached hydrogen (secondary N) is 1. The fourth-order valence-corrected chi connectivity index (χ4v) is 2.66. The van der Waals surface area contributed by atoms with Crippen molar-refractivity contribution in [2.45, 2.75) is 0 Å². The molecule has 0 aliphatic heterocycles. The topological polar surface area (TPSA) is 108 Å². The number of hydrogen-bond acceptors (Lipinski definition) is 7. The molecular formula is C14H9ClN4O3S. The third-order valence-corrected chi connectivity index (χ3v) is 4.09. The molecule has 9 heteroatoms. The normalized spacial score (nSPS) is 10.5. The average molecular weight is 349 g/mol. The highest BCUT2D eigenvalue weighted by molar-refractivity contribution is 7.17. The first kappa shape index (κ1) is 15.2.